The second-order valence-corrected chi connectivity index (χ2v) is 9.04. The first-order chi connectivity index (χ1) is 12.8. The van der Waals surface area contributed by atoms with Crippen LogP contribution in [0.5, 0.6) is 0 Å². The molecular formula is C22H32BNO4. The van der Waals surface area contributed by atoms with Crippen LogP contribution in [0.3, 0.4) is 0 Å². The maximum Gasteiger partial charge on any atom is 0.492 e. The molecule has 0 aliphatic carbocycles. The van der Waals surface area contributed by atoms with Crippen LogP contribution in [0.15, 0.2) is 36.3 Å². The average Bonchev–Trinajstić information content (AvgIpc) is 2.77. The van der Waals surface area contributed by atoms with E-state index < -0.39 is 30.0 Å². The van der Waals surface area contributed by atoms with Gasteiger partial charge in [0.2, 0.25) is 0 Å². The fourth-order valence-electron chi connectivity index (χ4n) is 2.68. The zero-order chi connectivity index (χ0) is 21.2. The summed E-state index contributed by atoms with van der Waals surface area (Å²) in [5.74, 6) is 0. The lowest BCUT2D eigenvalue weighted by atomic mass is 9.77. The zero-order valence-corrected chi connectivity index (χ0v) is 18.1. The van der Waals surface area contributed by atoms with Crippen LogP contribution in [-0.2, 0) is 14.0 Å². The van der Waals surface area contributed by atoms with Gasteiger partial charge in [0.15, 0.2) is 0 Å². The van der Waals surface area contributed by atoms with Crippen molar-refractivity contribution in [2.24, 2.45) is 0 Å². The van der Waals surface area contributed by atoms with E-state index >= 15 is 0 Å². The van der Waals surface area contributed by atoms with Gasteiger partial charge in [-0.3, -0.25) is 0 Å². The minimum absolute atomic E-state index is 0.254. The molecule has 0 atom stereocenters. The molecule has 0 saturated carbocycles. The first-order valence-corrected chi connectivity index (χ1v) is 9.58. The normalized spacial score (nSPS) is 18.7. The number of hydrogen-bond donors (Lipinski definition) is 1. The van der Waals surface area contributed by atoms with Crippen molar-refractivity contribution in [2.45, 2.75) is 65.3 Å². The van der Waals surface area contributed by atoms with E-state index in [0.717, 1.165) is 16.6 Å². The minimum atomic E-state index is -0.563. The van der Waals surface area contributed by atoms with Gasteiger partial charge in [0.1, 0.15) is 5.60 Å². The molecule has 0 aromatic heterocycles. The maximum absolute atomic E-state index is 12.1. The zero-order valence-electron chi connectivity index (χ0n) is 18.1. The van der Waals surface area contributed by atoms with Gasteiger partial charge in [-0.2, -0.15) is 0 Å². The quantitative estimate of drug-likeness (QED) is 0.735. The molecule has 0 radical (unpaired) electrons. The summed E-state index contributed by atoms with van der Waals surface area (Å²) in [6.07, 6.45) is 3.30. The Kier molecular flexibility index (Phi) is 6.46. The van der Waals surface area contributed by atoms with Crippen LogP contribution in [0, 0.1) is 0 Å². The first kappa shape index (κ1) is 22.2. The maximum atomic E-state index is 12.1. The van der Waals surface area contributed by atoms with E-state index in [2.05, 4.69) is 11.9 Å². The second-order valence-electron chi connectivity index (χ2n) is 9.04. The van der Waals surface area contributed by atoms with Gasteiger partial charge >= 0.3 is 13.2 Å². The van der Waals surface area contributed by atoms with Gasteiger partial charge in [0, 0.05) is 6.54 Å². The molecular weight excluding hydrogens is 353 g/mol. The van der Waals surface area contributed by atoms with Crippen LogP contribution in [0.25, 0.3) is 12.2 Å². The molecule has 1 aliphatic rings. The molecule has 0 spiro atoms. The highest BCUT2D eigenvalue weighted by atomic mass is 16.7. The van der Waals surface area contributed by atoms with E-state index in [4.69, 9.17) is 14.0 Å². The van der Waals surface area contributed by atoms with Crippen LogP contribution < -0.4 is 5.32 Å². The fourth-order valence-corrected chi connectivity index (χ4v) is 2.68. The van der Waals surface area contributed by atoms with Crippen LogP contribution in [0.2, 0.25) is 0 Å². The van der Waals surface area contributed by atoms with Crippen molar-refractivity contribution >= 4 is 25.4 Å². The average molecular weight is 385 g/mol. The van der Waals surface area contributed by atoms with Crippen molar-refractivity contribution in [1.82, 2.24) is 5.32 Å². The van der Waals surface area contributed by atoms with Gasteiger partial charge in [-0.05, 0) is 71.1 Å². The van der Waals surface area contributed by atoms with E-state index in [0.29, 0.717) is 0 Å². The topological polar surface area (TPSA) is 56.8 Å². The summed E-state index contributed by atoms with van der Waals surface area (Å²) in [4.78, 5) is 12.1. The molecule has 1 aliphatic heterocycles. The predicted octanol–water partition coefficient (Wildman–Crippen LogP) is 4.87. The molecule has 0 unspecified atom stereocenters. The van der Waals surface area contributed by atoms with E-state index in [1.807, 2.05) is 78.8 Å². The summed E-state index contributed by atoms with van der Waals surface area (Å²) >= 11 is 0. The molecule has 1 saturated heterocycles. The Balaban J connectivity index is 2.27. The number of benzene rings is 1. The van der Waals surface area contributed by atoms with Crippen LogP contribution in [0.4, 0.5) is 4.79 Å². The molecule has 1 aromatic rings. The van der Waals surface area contributed by atoms with E-state index in [1.165, 1.54) is 0 Å². The Morgan fingerprint density at radius 2 is 1.75 bits per heavy atom. The van der Waals surface area contributed by atoms with E-state index in [1.54, 1.807) is 6.08 Å². The first-order valence-electron chi connectivity index (χ1n) is 9.58. The van der Waals surface area contributed by atoms with Crippen molar-refractivity contribution in [3.63, 3.8) is 0 Å². The summed E-state index contributed by atoms with van der Waals surface area (Å²) in [5.41, 5.74) is 1.31. The van der Waals surface area contributed by atoms with Crippen LogP contribution in [-0.4, -0.2) is 36.6 Å². The number of carbonyl (C=O) groups excluding carboxylic acids is 1. The van der Waals surface area contributed by atoms with Crippen molar-refractivity contribution < 1.29 is 18.8 Å². The smallest absolute Gasteiger partial charge is 0.444 e. The monoisotopic (exact) mass is 385 g/mol. The predicted molar refractivity (Wildman–Crippen MR) is 115 cm³/mol. The van der Waals surface area contributed by atoms with Crippen LogP contribution >= 0.6 is 0 Å². The second kappa shape index (κ2) is 8.14. The summed E-state index contributed by atoms with van der Waals surface area (Å²) in [6.45, 7) is 17.6. The van der Waals surface area contributed by atoms with Crippen LogP contribution in [0.1, 0.15) is 59.6 Å². The molecule has 152 valence electrons. The number of ether oxygens (including phenoxy) is 1. The number of hydrogen-bond acceptors (Lipinski definition) is 4. The molecule has 1 fully saturated rings. The number of carbonyl (C=O) groups is 1. The minimum Gasteiger partial charge on any atom is -0.444 e. The largest absolute Gasteiger partial charge is 0.492 e. The molecule has 2 rings (SSSR count). The van der Waals surface area contributed by atoms with Gasteiger partial charge in [0.05, 0.1) is 11.2 Å². The number of alkyl carbamates (subject to hydrolysis) is 1. The highest BCUT2D eigenvalue weighted by Gasteiger charge is 2.52. The third-order valence-electron chi connectivity index (χ3n) is 4.89. The highest BCUT2D eigenvalue weighted by molar-refractivity contribution is 6.56. The molecule has 1 aromatic carbocycles. The summed E-state index contributed by atoms with van der Waals surface area (Å²) in [5, 5.41) is 2.81. The molecule has 1 heterocycles. The summed E-state index contributed by atoms with van der Waals surface area (Å²) < 4.78 is 17.7. The third-order valence-corrected chi connectivity index (χ3v) is 4.89. The van der Waals surface area contributed by atoms with Gasteiger partial charge < -0.3 is 19.4 Å². The molecule has 6 heteroatoms. The molecule has 1 amide bonds. The van der Waals surface area contributed by atoms with Gasteiger partial charge in [-0.25, -0.2) is 4.79 Å². The van der Waals surface area contributed by atoms with Crippen molar-refractivity contribution in [3.05, 3.63) is 47.4 Å². The number of nitrogens with one attached hydrogen (secondary N) is 1. The molecule has 0 bridgehead atoms. The molecule has 28 heavy (non-hydrogen) atoms. The van der Waals surface area contributed by atoms with Gasteiger partial charge in [-0.15, -0.1) is 0 Å². The Hall–Kier alpha value is -2.05. The van der Waals surface area contributed by atoms with Gasteiger partial charge in [0.25, 0.3) is 0 Å². The third kappa shape index (κ3) is 5.73. The Morgan fingerprint density at radius 1 is 1.18 bits per heavy atom. The Labute approximate surface area is 169 Å². The number of amides is 1. The van der Waals surface area contributed by atoms with Gasteiger partial charge in [-0.1, -0.05) is 36.9 Å². The summed E-state index contributed by atoms with van der Waals surface area (Å²) in [6, 6.07) is 7.96. The highest BCUT2D eigenvalue weighted by Crippen LogP contribution is 2.38. The van der Waals surface area contributed by atoms with Crippen molar-refractivity contribution in [1.29, 1.82) is 0 Å². The fraction of sp³-hybridized carbons (Fsp3) is 0.500. The van der Waals surface area contributed by atoms with Crippen molar-refractivity contribution in [3.8, 4) is 0 Å². The molecule has 5 nitrogen and oxygen atoms in total. The standard InChI is InChI=1S/C22H32BNO4/c1-9-16-11-10-12-17(13-16)14-18(15-24-19(25)26-20(2,3)4)23-27-21(5,6)22(7,8)28-23/h9-14H,1,15H2,2-8H3,(H,24,25). The van der Waals surface area contributed by atoms with E-state index in [9.17, 15) is 4.79 Å². The Bertz CT molecular complexity index is 746. The lowest BCUT2D eigenvalue weighted by molar-refractivity contribution is 0.00578. The Morgan fingerprint density at radius 3 is 2.29 bits per heavy atom. The lowest BCUT2D eigenvalue weighted by Crippen LogP contribution is -2.41. The lowest BCUT2D eigenvalue weighted by Gasteiger charge is -2.32. The molecule has 1 N–H and O–H groups in total. The summed E-state index contributed by atoms with van der Waals surface area (Å²) in [7, 11) is -0.563. The van der Waals surface area contributed by atoms with E-state index in [-0.39, 0.29) is 6.54 Å². The van der Waals surface area contributed by atoms with Crippen molar-refractivity contribution in [2.75, 3.05) is 6.54 Å². The SMILES string of the molecule is C=Cc1cccc(C=C(CNC(=O)OC(C)(C)C)B2OC(C)(C)C(C)(C)O2)c1. The number of rotatable bonds is 5.